The number of aryl methyl sites for hydroxylation is 1. The molecule has 0 amide bonds. The van der Waals surface area contributed by atoms with Gasteiger partial charge in [-0.05, 0) is 151 Å². The van der Waals surface area contributed by atoms with Crippen molar-refractivity contribution in [2.24, 2.45) is 59.0 Å². The number of benzene rings is 4. The van der Waals surface area contributed by atoms with Gasteiger partial charge in [-0.1, -0.05) is 178 Å². The van der Waals surface area contributed by atoms with Crippen LogP contribution in [0.1, 0.15) is 123 Å². The van der Waals surface area contributed by atoms with E-state index in [2.05, 4.69) is 103 Å². The van der Waals surface area contributed by atoms with Gasteiger partial charge in [-0.3, -0.25) is 4.79 Å². The van der Waals surface area contributed by atoms with E-state index in [0.29, 0.717) is 30.6 Å². The van der Waals surface area contributed by atoms with Gasteiger partial charge >= 0.3 is 5.97 Å². The summed E-state index contributed by atoms with van der Waals surface area (Å²) in [6, 6.07) is 36.1. The minimum Gasteiger partial charge on any atom is -0.508 e. The summed E-state index contributed by atoms with van der Waals surface area (Å²) >= 11 is 0. The molecule has 4 aliphatic rings. The molecule has 5 N–H and O–H groups in total. The number of allylic oxidation sites excluding steroid dienone is 4. The molecule has 2 saturated carbocycles. The molecule has 5 nitrogen and oxygen atoms in total. The van der Waals surface area contributed by atoms with E-state index < -0.39 is 11.9 Å². The minimum atomic E-state index is -0.728. The molecule has 0 aromatic heterocycles. The van der Waals surface area contributed by atoms with Crippen LogP contribution < -0.4 is 5.73 Å². The highest BCUT2D eigenvalue weighted by atomic mass is 16.4. The summed E-state index contributed by atoms with van der Waals surface area (Å²) < 4.78 is 0. The van der Waals surface area contributed by atoms with Crippen LogP contribution in [0, 0.1) is 53.3 Å². The maximum atomic E-state index is 13.6. The number of aliphatic carboxylic acids is 1. The van der Waals surface area contributed by atoms with Crippen molar-refractivity contribution in [3.63, 3.8) is 0 Å². The van der Waals surface area contributed by atoms with Crippen molar-refractivity contribution in [1.82, 2.24) is 0 Å². The fraction of sp³-hybridized carbons (Fsp3) is 0.483. The quantitative estimate of drug-likeness (QED) is 0.0703. The number of carboxylic acid groups (broad SMARTS) is 1. The zero-order chi connectivity index (χ0) is 45.0. The average molecular weight is 874 g/mol. The van der Waals surface area contributed by atoms with Crippen molar-refractivity contribution in [1.29, 1.82) is 0 Å². The smallest absolute Gasteiger partial charge is 0.310 e. The molecule has 5 heteroatoms. The SMILES string of the molecule is NCC1C=CC(C(=O)O)C2C1C(CC(CC=CCCC1CCCCC1)CCc1cccc(CO)c1)C=CC2C1(c2ccccc2)CCCC(Cc2ccc(Cc3ccccc3)c(O)c2)C1. The number of hydrogen-bond donors (Lipinski definition) is 4. The molecule has 0 aliphatic heterocycles. The molecule has 4 aromatic carbocycles. The average Bonchev–Trinajstić information content (AvgIpc) is 3.34. The number of nitrogens with two attached hydrogens (primary N) is 1. The van der Waals surface area contributed by atoms with E-state index in [1.54, 1.807) is 0 Å². The fourth-order valence-electron chi connectivity index (χ4n) is 13.2. The number of aliphatic hydroxyl groups is 1. The molecule has 8 rings (SSSR count). The Hall–Kier alpha value is -4.71. The lowest BCUT2D eigenvalue weighted by Crippen LogP contribution is -2.53. The predicted octanol–water partition coefficient (Wildman–Crippen LogP) is 13.0. The van der Waals surface area contributed by atoms with Crippen molar-refractivity contribution in [2.45, 2.75) is 121 Å². The Morgan fingerprint density at radius 2 is 1.48 bits per heavy atom. The lowest BCUT2D eigenvalue weighted by atomic mass is 9.48. The lowest BCUT2D eigenvalue weighted by Gasteiger charge is -2.56. The monoisotopic (exact) mass is 874 g/mol. The normalized spacial score (nSPS) is 27.4. The number of carbonyl (C=O) groups is 1. The molecule has 65 heavy (non-hydrogen) atoms. The summed E-state index contributed by atoms with van der Waals surface area (Å²) in [4.78, 5) is 13.6. The molecule has 4 aliphatic carbocycles. The highest BCUT2D eigenvalue weighted by Crippen LogP contribution is 2.59. The number of carboxylic acids is 1. The third-order valence-electron chi connectivity index (χ3n) is 16.5. The summed E-state index contributed by atoms with van der Waals surface area (Å²) in [5, 5.41) is 32.3. The number of rotatable bonds is 19. The Balaban J connectivity index is 1.08. The second kappa shape index (κ2) is 22.7. The van der Waals surface area contributed by atoms with Crippen LogP contribution in [0.25, 0.3) is 0 Å². The summed E-state index contributed by atoms with van der Waals surface area (Å²) in [6.45, 7) is 0.555. The van der Waals surface area contributed by atoms with Crippen LogP contribution in [0.2, 0.25) is 0 Å². The molecule has 9 unspecified atom stereocenters. The van der Waals surface area contributed by atoms with E-state index >= 15 is 0 Å². The minimum absolute atomic E-state index is 0.0371. The van der Waals surface area contributed by atoms with E-state index in [0.717, 1.165) is 86.8 Å². The van der Waals surface area contributed by atoms with Crippen LogP contribution in [0.15, 0.2) is 140 Å². The zero-order valence-electron chi connectivity index (χ0n) is 38.7. The molecule has 4 aromatic rings. The highest BCUT2D eigenvalue weighted by molar-refractivity contribution is 5.73. The van der Waals surface area contributed by atoms with Gasteiger partial charge in [-0.25, -0.2) is 0 Å². The summed E-state index contributed by atoms with van der Waals surface area (Å²) in [6.07, 6.45) is 33.2. The van der Waals surface area contributed by atoms with Gasteiger partial charge in [0.2, 0.25) is 0 Å². The van der Waals surface area contributed by atoms with E-state index in [9.17, 15) is 20.1 Å². The first kappa shape index (κ1) is 46.8. The molecule has 0 radical (unpaired) electrons. The number of aromatic hydroxyl groups is 1. The number of hydrogen-bond acceptors (Lipinski definition) is 4. The fourth-order valence-corrected chi connectivity index (χ4v) is 13.2. The number of fused-ring (bicyclic) bond motifs is 1. The molecular formula is C60H75NO4. The maximum Gasteiger partial charge on any atom is 0.310 e. The number of phenolic OH excluding ortho intramolecular Hbond substituents is 1. The van der Waals surface area contributed by atoms with Crippen LogP contribution in [-0.2, 0) is 36.1 Å². The summed E-state index contributed by atoms with van der Waals surface area (Å²) in [5.41, 5.74) is 13.3. The van der Waals surface area contributed by atoms with Crippen molar-refractivity contribution in [2.75, 3.05) is 6.54 Å². The second-order valence-corrected chi connectivity index (χ2v) is 20.6. The van der Waals surface area contributed by atoms with E-state index in [4.69, 9.17) is 5.73 Å². The van der Waals surface area contributed by atoms with E-state index in [1.165, 1.54) is 55.2 Å². The Kier molecular flexibility index (Phi) is 16.3. The third-order valence-corrected chi connectivity index (χ3v) is 16.5. The van der Waals surface area contributed by atoms with Gasteiger partial charge in [-0.2, -0.15) is 0 Å². The standard InChI is InChI=1S/C60H75NO4/c61-41-52-30-32-54(59(64)65)58-55(33-31-51(57(52)58)38-46(27-26-45-21-13-22-49(35-45)42-62)20-10-2-7-17-43-15-5-1-6-16-43)60(53-24-11-4-12-25-53)34-14-23-48(40-60)36-47-28-29-50(56(63)39-47)37-44-18-8-3-9-19-44/h2-4,8-13,18-19,21-22,24-25,28-33,35,39,43,46,48,51-52,54-55,57-58,62-63H,1,5-7,14-17,20,23,26-27,34,36-38,40-42,61H2,(H,64,65). The van der Waals surface area contributed by atoms with Crippen molar-refractivity contribution in [3.05, 3.63) is 173 Å². The first-order valence-electron chi connectivity index (χ1n) is 25.4. The third kappa shape index (κ3) is 11.6. The topological polar surface area (TPSA) is 104 Å². The van der Waals surface area contributed by atoms with Gasteiger partial charge in [0.1, 0.15) is 5.75 Å². The molecule has 0 bridgehead atoms. The number of phenols is 1. The summed E-state index contributed by atoms with van der Waals surface area (Å²) in [7, 11) is 0. The summed E-state index contributed by atoms with van der Waals surface area (Å²) in [5.74, 6) is 1.11. The first-order valence-corrected chi connectivity index (χ1v) is 25.4. The lowest BCUT2D eigenvalue weighted by molar-refractivity contribution is -0.145. The Labute approximate surface area is 390 Å². The van der Waals surface area contributed by atoms with Crippen LogP contribution >= 0.6 is 0 Å². The van der Waals surface area contributed by atoms with Gasteiger partial charge in [0, 0.05) is 11.8 Å². The van der Waals surface area contributed by atoms with Crippen LogP contribution in [0.3, 0.4) is 0 Å². The molecule has 2 fully saturated rings. The van der Waals surface area contributed by atoms with Crippen molar-refractivity contribution in [3.8, 4) is 5.75 Å². The highest BCUT2D eigenvalue weighted by Gasteiger charge is 2.55. The van der Waals surface area contributed by atoms with Crippen LogP contribution in [0.4, 0.5) is 0 Å². The Morgan fingerprint density at radius 1 is 0.738 bits per heavy atom. The Morgan fingerprint density at radius 3 is 2.23 bits per heavy atom. The molecule has 0 heterocycles. The van der Waals surface area contributed by atoms with Gasteiger partial charge in [-0.15, -0.1) is 0 Å². The van der Waals surface area contributed by atoms with Gasteiger partial charge in [0.15, 0.2) is 0 Å². The van der Waals surface area contributed by atoms with Gasteiger partial charge < -0.3 is 21.1 Å². The van der Waals surface area contributed by atoms with Crippen LogP contribution in [-0.4, -0.2) is 27.8 Å². The first-order chi connectivity index (χ1) is 31.8. The predicted molar refractivity (Wildman–Crippen MR) is 265 cm³/mol. The largest absolute Gasteiger partial charge is 0.508 e. The molecule has 0 spiro atoms. The maximum absolute atomic E-state index is 13.6. The molecule has 0 saturated heterocycles. The van der Waals surface area contributed by atoms with Gasteiger partial charge in [0.25, 0.3) is 0 Å². The zero-order valence-corrected chi connectivity index (χ0v) is 38.7. The Bertz CT molecular complexity index is 2210. The molecule has 344 valence electrons. The number of aliphatic hydroxyl groups excluding tert-OH is 1. The van der Waals surface area contributed by atoms with Crippen molar-refractivity contribution < 1.29 is 20.1 Å². The van der Waals surface area contributed by atoms with Gasteiger partial charge in [0.05, 0.1) is 12.5 Å². The van der Waals surface area contributed by atoms with E-state index in [1.807, 2.05) is 36.4 Å². The van der Waals surface area contributed by atoms with Crippen LogP contribution in [0.5, 0.6) is 5.75 Å². The van der Waals surface area contributed by atoms with Crippen molar-refractivity contribution >= 4 is 5.97 Å². The molecular weight excluding hydrogens is 799 g/mol. The second-order valence-electron chi connectivity index (χ2n) is 20.6. The van der Waals surface area contributed by atoms with E-state index in [-0.39, 0.29) is 41.6 Å². The molecule has 9 atom stereocenters.